The number of non-ortho nitro benzene ring substituents is 1. The van der Waals surface area contributed by atoms with Crippen LogP contribution in [0.25, 0.3) is 0 Å². The van der Waals surface area contributed by atoms with Crippen LogP contribution in [-0.4, -0.2) is 30.2 Å². The molecule has 3 aromatic rings. The molecule has 0 saturated carbocycles. The van der Waals surface area contributed by atoms with E-state index < -0.39 is 19.4 Å². The van der Waals surface area contributed by atoms with Crippen LogP contribution >= 0.6 is 0 Å². The second-order valence-electron chi connectivity index (χ2n) is 11.2. The van der Waals surface area contributed by atoms with E-state index >= 15 is 0 Å². The number of nitrogens with one attached hydrogen (secondary N) is 1. The van der Waals surface area contributed by atoms with E-state index in [1.807, 2.05) is 36.4 Å². The summed E-state index contributed by atoms with van der Waals surface area (Å²) in [5.74, 6) is 0.786. The molecule has 0 spiro atoms. The monoisotopic (exact) mass is 516 g/mol. The second-order valence-corrected chi connectivity index (χ2v) is 15.9. The third kappa shape index (κ3) is 4.44. The lowest BCUT2D eigenvalue weighted by Gasteiger charge is -2.36. The fourth-order valence-electron chi connectivity index (χ4n) is 4.70. The van der Waals surface area contributed by atoms with Gasteiger partial charge >= 0.3 is 0 Å². The minimum Gasteiger partial charge on any atom is -0.544 e. The van der Waals surface area contributed by atoms with Crippen molar-refractivity contribution in [2.45, 2.75) is 57.5 Å². The zero-order chi connectivity index (χ0) is 26.5. The minimum atomic E-state index is -1.99. The molecule has 0 aliphatic carbocycles. The molecule has 2 aliphatic heterocycles. The summed E-state index contributed by atoms with van der Waals surface area (Å²) in [4.78, 5) is 26.5. The van der Waals surface area contributed by atoms with Crippen LogP contribution < -0.4 is 14.8 Å². The number of hydrogen-bond acceptors (Lipinski definition) is 6. The molecule has 0 bridgehead atoms. The SMILES string of the molecule is CC(C)(C)[Si](C)(C)Oc1ccc(C2N(Nc3ccc([N+](=O)[O-])cc3)C(=O)[C@@H]3Cc4ccccc4N23)cc1. The number of benzene rings is 3. The average Bonchev–Trinajstić information content (AvgIpc) is 3.34. The summed E-state index contributed by atoms with van der Waals surface area (Å²) in [6, 6.07) is 21.9. The number of para-hydroxylation sites is 1. The van der Waals surface area contributed by atoms with Crippen molar-refractivity contribution in [2.75, 3.05) is 10.3 Å². The van der Waals surface area contributed by atoms with Crippen LogP contribution in [0.15, 0.2) is 72.8 Å². The fourth-order valence-corrected chi connectivity index (χ4v) is 5.73. The predicted molar refractivity (Wildman–Crippen MR) is 147 cm³/mol. The molecular weight excluding hydrogens is 484 g/mol. The Labute approximate surface area is 218 Å². The van der Waals surface area contributed by atoms with Crippen LogP contribution in [-0.2, 0) is 11.2 Å². The topological polar surface area (TPSA) is 88.0 Å². The summed E-state index contributed by atoms with van der Waals surface area (Å²) in [6.45, 7) is 11.1. The molecule has 1 unspecified atom stereocenters. The van der Waals surface area contributed by atoms with E-state index in [9.17, 15) is 14.9 Å². The van der Waals surface area contributed by atoms with E-state index in [1.54, 1.807) is 17.1 Å². The summed E-state index contributed by atoms with van der Waals surface area (Å²) in [5.41, 5.74) is 6.98. The molecule has 3 aromatic carbocycles. The van der Waals surface area contributed by atoms with Crippen LogP contribution in [0.5, 0.6) is 5.75 Å². The number of amides is 1. The zero-order valence-electron chi connectivity index (χ0n) is 21.8. The highest BCUT2D eigenvalue weighted by Crippen LogP contribution is 2.46. The first-order chi connectivity index (χ1) is 17.5. The third-order valence-corrected chi connectivity index (χ3v) is 12.1. The van der Waals surface area contributed by atoms with Gasteiger partial charge in [-0.05, 0) is 59.6 Å². The number of anilines is 2. The highest BCUT2D eigenvalue weighted by molar-refractivity contribution is 6.74. The summed E-state index contributed by atoms with van der Waals surface area (Å²) in [7, 11) is -1.99. The third-order valence-electron chi connectivity index (χ3n) is 7.73. The standard InChI is InChI=1S/C28H32N4O4Si/c1-28(2,3)37(4,5)36-23-16-10-19(11-17-23)26-30-24-9-7-6-8-20(24)18-25(30)27(33)31(26)29-21-12-14-22(15-13-21)32(34)35/h6-17,25-26,29H,18H2,1-5H3/t25-,26?/m0/s1. The Kier molecular flexibility index (Phi) is 5.98. The van der Waals surface area contributed by atoms with Crippen LogP contribution in [0.2, 0.25) is 18.1 Å². The first-order valence-electron chi connectivity index (χ1n) is 12.5. The molecule has 2 heterocycles. The van der Waals surface area contributed by atoms with Gasteiger partial charge in [0.1, 0.15) is 11.8 Å². The number of nitro groups is 1. The predicted octanol–water partition coefficient (Wildman–Crippen LogP) is 6.28. The van der Waals surface area contributed by atoms with Gasteiger partial charge in [0.25, 0.3) is 11.6 Å². The minimum absolute atomic E-state index is 0.00159. The lowest BCUT2D eigenvalue weighted by atomic mass is 10.1. The van der Waals surface area contributed by atoms with Crippen LogP contribution in [0.3, 0.4) is 0 Å². The Hall–Kier alpha value is -3.85. The molecule has 8 nitrogen and oxygen atoms in total. The summed E-state index contributed by atoms with van der Waals surface area (Å²) < 4.78 is 6.48. The number of rotatable bonds is 6. The molecule has 9 heteroatoms. The largest absolute Gasteiger partial charge is 0.544 e. The highest BCUT2D eigenvalue weighted by atomic mass is 28.4. The second kappa shape index (κ2) is 8.91. The highest BCUT2D eigenvalue weighted by Gasteiger charge is 2.51. The number of hydrogen-bond donors (Lipinski definition) is 1. The van der Waals surface area contributed by atoms with Crippen LogP contribution in [0.1, 0.15) is 38.1 Å². The van der Waals surface area contributed by atoms with Gasteiger partial charge in [0.05, 0.1) is 10.6 Å². The molecule has 0 radical (unpaired) electrons. The quantitative estimate of drug-likeness (QED) is 0.236. The first-order valence-corrected chi connectivity index (χ1v) is 15.4. The van der Waals surface area contributed by atoms with Gasteiger partial charge in [0, 0.05) is 24.2 Å². The van der Waals surface area contributed by atoms with Gasteiger partial charge in [0.2, 0.25) is 8.32 Å². The molecule has 5 rings (SSSR count). The normalized spacial score (nSPS) is 19.0. The summed E-state index contributed by atoms with van der Waals surface area (Å²) in [6.07, 6.45) is 0.245. The summed E-state index contributed by atoms with van der Waals surface area (Å²) in [5, 5.41) is 12.8. The average molecular weight is 517 g/mol. The van der Waals surface area contributed by atoms with Crippen molar-refractivity contribution in [1.29, 1.82) is 0 Å². The van der Waals surface area contributed by atoms with Crippen molar-refractivity contribution in [3.63, 3.8) is 0 Å². The Morgan fingerprint density at radius 1 is 1.00 bits per heavy atom. The fraction of sp³-hybridized carbons (Fsp3) is 0.321. The Bertz CT molecular complexity index is 1340. The van der Waals surface area contributed by atoms with Crippen molar-refractivity contribution < 1.29 is 14.1 Å². The molecule has 0 aromatic heterocycles. The van der Waals surface area contributed by atoms with Gasteiger partial charge in [-0.1, -0.05) is 51.1 Å². The number of nitrogens with zero attached hydrogens (tertiary/aromatic N) is 3. The Morgan fingerprint density at radius 3 is 2.27 bits per heavy atom. The van der Waals surface area contributed by atoms with E-state index in [1.165, 1.54) is 12.1 Å². The van der Waals surface area contributed by atoms with Gasteiger partial charge in [-0.15, -0.1) is 0 Å². The van der Waals surface area contributed by atoms with Crippen LogP contribution in [0.4, 0.5) is 17.1 Å². The van der Waals surface area contributed by atoms with Crippen molar-refractivity contribution >= 4 is 31.3 Å². The van der Waals surface area contributed by atoms with Gasteiger partial charge in [-0.25, -0.2) is 5.01 Å². The molecular formula is C28H32N4O4Si. The van der Waals surface area contributed by atoms with Crippen molar-refractivity contribution in [2.24, 2.45) is 0 Å². The maximum Gasteiger partial charge on any atom is 0.269 e. The summed E-state index contributed by atoms with van der Waals surface area (Å²) >= 11 is 0. The molecule has 1 N–H and O–H groups in total. The van der Waals surface area contributed by atoms with E-state index in [0.717, 1.165) is 22.6 Å². The molecule has 1 fully saturated rings. The van der Waals surface area contributed by atoms with Gasteiger partial charge in [-0.3, -0.25) is 20.3 Å². The van der Waals surface area contributed by atoms with Gasteiger partial charge < -0.3 is 9.33 Å². The van der Waals surface area contributed by atoms with Gasteiger partial charge in [0.15, 0.2) is 6.17 Å². The lowest BCUT2D eigenvalue weighted by molar-refractivity contribution is -0.384. The number of hydrazine groups is 1. The van der Waals surface area contributed by atoms with E-state index in [4.69, 9.17) is 4.43 Å². The van der Waals surface area contributed by atoms with E-state index in [-0.39, 0.29) is 22.7 Å². The molecule has 1 amide bonds. The van der Waals surface area contributed by atoms with Crippen molar-refractivity contribution in [3.05, 3.63) is 94.0 Å². The lowest BCUT2D eigenvalue weighted by Crippen LogP contribution is -2.43. The van der Waals surface area contributed by atoms with Crippen molar-refractivity contribution in [1.82, 2.24) is 5.01 Å². The maximum absolute atomic E-state index is 13.7. The maximum atomic E-state index is 13.7. The molecule has 192 valence electrons. The molecule has 2 atom stereocenters. The number of carbonyl (C=O) groups excluding carboxylic acids is 1. The number of carbonyl (C=O) groups is 1. The first kappa shape index (κ1) is 24.8. The molecule has 1 saturated heterocycles. The number of nitro benzene ring substituents is 1. The van der Waals surface area contributed by atoms with E-state index in [2.05, 4.69) is 56.3 Å². The zero-order valence-corrected chi connectivity index (χ0v) is 22.8. The smallest absolute Gasteiger partial charge is 0.269 e. The molecule has 37 heavy (non-hydrogen) atoms. The Morgan fingerprint density at radius 2 is 1.65 bits per heavy atom. The van der Waals surface area contributed by atoms with Crippen LogP contribution in [0, 0.1) is 10.1 Å². The Balaban J connectivity index is 1.49. The van der Waals surface area contributed by atoms with E-state index in [0.29, 0.717) is 12.1 Å². The molecule has 2 aliphatic rings. The number of fused-ring (bicyclic) bond motifs is 3. The van der Waals surface area contributed by atoms with Crippen molar-refractivity contribution in [3.8, 4) is 5.75 Å². The van der Waals surface area contributed by atoms with Gasteiger partial charge in [-0.2, -0.15) is 0 Å².